The molecule has 2 fully saturated rings. The third kappa shape index (κ3) is 6.26. The number of hydrogen-bond acceptors (Lipinski definition) is 5. The maximum Gasteiger partial charge on any atom is 0.268 e. The lowest BCUT2D eigenvalue weighted by molar-refractivity contribution is -0.127. The summed E-state index contributed by atoms with van der Waals surface area (Å²) in [5.41, 5.74) is 1.60. The summed E-state index contributed by atoms with van der Waals surface area (Å²) in [6.45, 7) is 8.32. The summed E-state index contributed by atoms with van der Waals surface area (Å²) in [5.74, 6) is -0.584. The molecule has 0 unspecified atom stereocenters. The van der Waals surface area contributed by atoms with Crippen LogP contribution in [0.5, 0.6) is 0 Å². The lowest BCUT2D eigenvalue weighted by Crippen LogP contribution is -2.51. The highest BCUT2D eigenvalue weighted by atomic mass is 16.2. The van der Waals surface area contributed by atoms with Crippen LogP contribution in [-0.4, -0.2) is 77.5 Å². The number of piperazine rings is 1. The molecule has 8 heteroatoms. The van der Waals surface area contributed by atoms with E-state index >= 15 is 0 Å². The van der Waals surface area contributed by atoms with Gasteiger partial charge in [-0.1, -0.05) is 38.0 Å². The molecule has 1 aromatic carbocycles. The van der Waals surface area contributed by atoms with Crippen molar-refractivity contribution in [2.24, 2.45) is 13.0 Å². The molecule has 0 bridgehead atoms. The van der Waals surface area contributed by atoms with Crippen LogP contribution < -0.4 is 10.6 Å². The number of amides is 2. The van der Waals surface area contributed by atoms with Crippen LogP contribution in [0.3, 0.4) is 0 Å². The maximum absolute atomic E-state index is 13.2. The number of hydrogen-bond donors (Lipinski definition) is 2. The Bertz CT molecular complexity index is 1080. The van der Waals surface area contributed by atoms with Gasteiger partial charge < -0.3 is 25.0 Å². The van der Waals surface area contributed by atoms with E-state index in [1.54, 1.807) is 0 Å². The molecule has 36 heavy (non-hydrogen) atoms. The van der Waals surface area contributed by atoms with Crippen LogP contribution in [0.25, 0.3) is 10.9 Å². The monoisotopic (exact) mass is 492 g/mol. The van der Waals surface area contributed by atoms with Gasteiger partial charge in [-0.25, -0.2) is 0 Å². The molecule has 194 valence electrons. The number of aromatic nitrogens is 1. The van der Waals surface area contributed by atoms with Gasteiger partial charge in [-0.15, -0.1) is 0 Å². The zero-order chi connectivity index (χ0) is 25.5. The second kappa shape index (κ2) is 12.4. The first-order valence-corrected chi connectivity index (χ1v) is 13.5. The van der Waals surface area contributed by atoms with E-state index in [1.165, 1.54) is 6.42 Å². The number of nitrogens with one attached hydrogen (secondary N) is 2. The van der Waals surface area contributed by atoms with E-state index in [2.05, 4.69) is 33.4 Å². The Labute approximate surface area is 214 Å². The van der Waals surface area contributed by atoms with E-state index in [-0.39, 0.29) is 23.8 Å². The number of nitrogens with zero attached hydrogens (tertiary/aromatic N) is 4. The Kier molecular flexibility index (Phi) is 9.00. The number of carbonyl (C=O) groups excluding carboxylic acids is 2. The van der Waals surface area contributed by atoms with Gasteiger partial charge in [-0.05, 0) is 44.4 Å². The highest BCUT2D eigenvalue weighted by Crippen LogP contribution is 2.26. The summed E-state index contributed by atoms with van der Waals surface area (Å²) in [6.07, 6.45) is 5.23. The molecule has 1 saturated carbocycles. The molecule has 1 aromatic heterocycles. The molecule has 0 radical (unpaired) electrons. The summed E-state index contributed by atoms with van der Waals surface area (Å²) >= 11 is 0. The van der Waals surface area contributed by atoms with E-state index < -0.39 is 6.04 Å². The summed E-state index contributed by atoms with van der Waals surface area (Å²) < 4.78 is 1.90. The Morgan fingerprint density at radius 2 is 1.78 bits per heavy atom. The topological polar surface area (TPSA) is 93.4 Å². The van der Waals surface area contributed by atoms with Gasteiger partial charge in [-0.2, -0.15) is 5.26 Å². The molecule has 2 heterocycles. The summed E-state index contributed by atoms with van der Waals surface area (Å²) in [5, 5.41) is 16.9. The molecule has 1 aliphatic heterocycles. The van der Waals surface area contributed by atoms with E-state index in [1.807, 2.05) is 41.9 Å². The van der Waals surface area contributed by atoms with Gasteiger partial charge in [0.25, 0.3) is 5.91 Å². The number of nitriles is 1. The Hall–Kier alpha value is -2.89. The maximum atomic E-state index is 13.2. The minimum Gasteiger partial charge on any atom is -0.347 e. The first kappa shape index (κ1) is 26.2. The van der Waals surface area contributed by atoms with Crippen molar-refractivity contribution in [2.75, 3.05) is 39.3 Å². The number of aryl methyl sites for hydroxylation is 1. The van der Waals surface area contributed by atoms with Crippen LogP contribution in [0.15, 0.2) is 30.3 Å². The van der Waals surface area contributed by atoms with E-state index in [9.17, 15) is 14.9 Å². The minimum atomic E-state index is -0.511. The fourth-order valence-electron chi connectivity index (χ4n) is 5.68. The quantitative estimate of drug-likeness (QED) is 0.562. The number of para-hydroxylation sites is 1. The van der Waals surface area contributed by atoms with Gasteiger partial charge in [0.2, 0.25) is 5.91 Å². The molecule has 2 N–H and O–H groups in total. The fourth-order valence-corrected chi connectivity index (χ4v) is 5.68. The summed E-state index contributed by atoms with van der Waals surface area (Å²) in [6, 6.07) is 11.4. The normalized spacial score (nSPS) is 22.1. The Balaban J connectivity index is 1.32. The molecular formula is C28H40N6O2. The third-order valence-corrected chi connectivity index (χ3v) is 7.81. The number of fused-ring (bicyclic) bond motifs is 1. The van der Waals surface area contributed by atoms with Gasteiger partial charge in [-0.3, -0.25) is 9.59 Å². The standard InChI is InChI=1S/C28H40N6O2/c1-3-13-33-15-17-34(18-16-33)14-12-22(20-29)30-27(35)23-9-5-6-10-24(23)31-28(36)26-19-21-8-4-7-11-25(21)32(26)2/h4,7-8,11,19,22-24H,3,5-6,9-10,12-18H2,1-2H3,(H,30,35)(H,31,36)/t22-,23-,24+/m1/s1. The van der Waals surface area contributed by atoms with Crippen molar-refractivity contribution in [3.8, 4) is 6.07 Å². The fraction of sp³-hybridized carbons (Fsp3) is 0.607. The Morgan fingerprint density at radius 3 is 2.47 bits per heavy atom. The zero-order valence-electron chi connectivity index (χ0n) is 21.7. The summed E-state index contributed by atoms with van der Waals surface area (Å²) in [4.78, 5) is 31.3. The van der Waals surface area contributed by atoms with Gasteiger partial charge in [0.05, 0.1) is 12.0 Å². The minimum absolute atomic E-state index is 0.114. The Morgan fingerprint density at radius 1 is 1.08 bits per heavy atom. The van der Waals surface area contributed by atoms with E-state index in [4.69, 9.17) is 0 Å². The predicted octanol–water partition coefficient (Wildman–Crippen LogP) is 2.89. The van der Waals surface area contributed by atoms with Gasteiger partial charge in [0, 0.05) is 56.7 Å². The van der Waals surface area contributed by atoms with Crippen LogP contribution >= 0.6 is 0 Å². The second-order valence-electron chi connectivity index (χ2n) is 10.3. The van der Waals surface area contributed by atoms with Crippen LogP contribution in [0, 0.1) is 17.2 Å². The summed E-state index contributed by atoms with van der Waals surface area (Å²) in [7, 11) is 1.89. The predicted molar refractivity (Wildman–Crippen MR) is 141 cm³/mol. The molecular weight excluding hydrogens is 452 g/mol. The molecule has 1 saturated heterocycles. The van der Waals surface area contributed by atoms with Crippen molar-refractivity contribution in [1.82, 2.24) is 25.0 Å². The van der Waals surface area contributed by atoms with Crippen LogP contribution in [-0.2, 0) is 11.8 Å². The van der Waals surface area contributed by atoms with Gasteiger partial charge >= 0.3 is 0 Å². The number of carbonyl (C=O) groups is 2. The van der Waals surface area contributed by atoms with Crippen LogP contribution in [0.4, 0.5) is 0 Å². The van der Waals surface area contributed by atoms with Gasteiger partial charge in [0.1, 0.15) is 11.7 Å². The van der Waals surface area contributed by atoms with Crippen LogP contribution in [0.2, 0.25) is 0 Å². The third-order valence-electron chi connectivity index (χ3n) is 7.81. The van der Waals surface area contributed by atoms with Crippen molar-refractivity contribution >= 4 is 22.7 Å². The molecule has 4 rings (SSSR count). The zero-order valence-corrected chi connectivity index (χ0v) is 21.7. The highest BCUT2D eigenvalue weighted by molar-refractivity contribution is 5.99. The van der Waals surface area contributed by atoms with Crippen molar-refractivity contribution in [3.63, 3.8) is 0 Å². The molecule has 1 aliphatic carbocycles. The number of benzene rings is 1. The van der Waals surface area contributed by atoms with E-state index in [0.29, 0.717) is 12.1 Å². The largest absolute Gasteiger partial charge is 0.347 e. The second-order valence-corrected chi connectivity index (χ2v) is 10.3. The van der Waals surface area contributed by atoms with E-state index in [0.717, 1.165) is 75.9 Å². The lowest BCUT2D eigenvalue weighted by atomic mass is 9.83. The molecule has 3 atom stereocenters. The number of rotatable bonds is 9. The van der Waals surface area contributed by atoms with Gasteiger partial charge in [0.15, 0.2) is 0 Å². The average molecular weight is 493 g/mol. The highest BCUT2D eigenvalue weighted by Gasteiger charge is 2.33. The van der Waals surface area contributed by atoms with Crippen molar-refractivity contribution < 1.29 is 9.59 Å². The van der Waals surface area contributed by atoms with Crippen molar-refractivity contribution in [1.29, 1.82) is 5.26 Å². The average Bonchev–Trinajstić information content (AvgIpc) is 3.24. The molecule has 2 amide bonds. The first-order chi connectivity index (χ1) is 17.5. The first-order valence-electron chi connectivity index (χ1n) is 13.5. The molecule has 2 aromatic rings. The van der Waals surface area contributed by atoms with Crippen molar-refractivity contribution in [3.05, 3.63) is 36.0 Å². The molecule has 2 aliphatic rings. The SMILES string of the molecule is CCCN1CCN(CC[C@H](C#N)NC(=O)[C@@H]2CCCC[C@@H]2NC(=O)c2cc3ccccc3n2C)CC1. The van der Waals surface area contributed by atoms with Crippen LogP contribution in [0.1, 0.15) is 55.9 Å². The lowest BCUT2D eigenvalue weighted by Gasteiger charge is -2.35. The molecule has 8 nitrogen and oxygen atoms in total. The van der Waals surface area contributed by atoms with Crippen molar-refractivity contribution in [2.45, 2.75) is 57.5 Å². The smallest absolute Gasteiger partial charge is 0.268 e. The molecule has 0 spiro atoms.